The Kier molecular flexibility index (Phi) is 5.31. The fourth-order valence-electron chi connectivity index (χ4n) is 3.59. The zero-order chi connectivity index (χ0) is 18.0. The zero-order valence-corrected chi connectivity index (χ0v) is 15.4. The number of carbonyl (C=O) groups is 2. The Morgan fingerprint density at radius 1 is 1.29 bits per heavy atom. The van der Waals surface area contributed by atoms with Crippen molar-refractivity contribution in [3.63, 3.8) is 0 Å². The van der Waals surface area contributed by atoms with Crippen molar-refractivity contribution in [2.75, 3.05) is 6.54 Å². The molecule has 0 aromatic carbocycles. The molecule has 0 saturated carbocycles. The maximum absolute atomic E-state index is 12.6. The van der Waals surface area contributed by atoms with Gasteiger partial charge in [0.15, 0.2) is 0 Å². The lowest BCUT2D eigenvalue weighted by Crippen LogP contribution is -2.48. The lowest BCUT2D eigenvalue weighted by Gasteiger charge is -2.34. The Morgan fingerprint density at radius 3 is 2.58 bits per heavy atom. The van der Waals surface area contributed by atoms with Crippen LogP contribution in [0.5, 0.6) is 0 Å². The molecule has 1 fully saturated rings. The first kappa shape index (κ1) is 18.4. The quantitative estimate of drug-likeness (QED) is 0.902. The Bertz CT molecular complexity index is 590. The highest BCUT2D eigenvalue weighted by Gasteiger charge is 2.37. The van der Waals surface area contributed by atoms with Gasteiger partial charge in [-0.05, 0) is 37.8 Å². The van der Waals surface area contributed by atoms with Crippen LogP contribution in [-0.2, 0) is 16.1 Å². The molecule has 1 unspecified atom stereocenters. The van der Waals surface area contributed by atoms with Crippen molar-refractivity contribution < 1.29 is 9.59 Å². The maximum atomic E-state index is 12.6. The molecule has 1 aliphatic rings. The van der Waals surface area contributed by atoms with Crippen LogP contribution >= 0.6 is 0 Å². The molecular formula is C19H29N3O2. The summed E-state index contributed by atoms with van der Waals surface area (Å²) in [6.07, 6.45) is 2.88. The van der Waals surface area contributed by atoms with Crippen LogP contribution in [0.15, 0.2) is 24.4 Å². The molecule has 1 atom stereocenters. The number of rotatable bonds is 5. The predicted octanol–water partition coefficient (Wildman–Crippen LogP) is 2.76. The van der Waals surface area contributed by atoms with Gasteiger partial charge in [0.1, 0.15) is 0 Å². The lowest BCUT2D eigenvalue weighted by atomic mass is 9.81. The third-order valence-electron chi connectivity index (χ3n) is 4.10. The number of pyridine rings is 1. The highest BCUT2D eigenvalue weighted by atomic mass is 16.2. The Balaban J connectivity index is 1.94. The second-order valence-electron chi connectivity index (χ2n) is 8.61. The van der Waals surface area contributed by atoms with E-state index in [4.69, 9.17) is 0 Å². The SMILES string of the molecule is CC(C)(C)CC(C)(C)NC(=O)C1CC(=O)N(Cc2ccccn2)C1. The molecule has 0 radical (unpaired) electrons. The number of amides is 2. The van der Waals surface area contributed by atoms with Gasteiger partial charge in [-0.1, -0.05) is 26.8 Å². The van der Waals surface area contributed by atoms with Crippen LogP contribution in [0.1, 0.15) is 53.2 Å². The van der Waals surface area contributed by atoms with Crippen LogP contribution in [0.2, 0.25) is 0 Å². The number of hydrogen-bond donors (Lipinski definition) is 1. The molecule has 1 aliphatic heterocycles. The highest BCUT2D eigenvalue weighted by molar-refractivity contribution is 5.89. The fraction of sp³-hybridized carbons (Fsp3) is 0.632. The molecule has 1 aromatic heterocycles. The average molecular weight is 331 g/mol. The van der Waals surface area contributed by atoms with Gasteiger partial charge >= 0.3 is 0 Å². The second kappa shape index (κ2) is 6.91. The van der Waals surface area contributed by atoms with Crippen molar-refractivity contribution in [1.29, 1.82) is 0 Å². The molecule has 5 heteroatoms. The molecule has 2 heterocycles. The van der Waals surface area contributed by atoms with Crippen LogP contribution in [-0.4, -0.2) is 33.8 Å². The lowest BCUT2D eigenvalue weighted by molar-refractivity contribution is -0.129. The van der Waals surface area contributed by atoms with Gasteiger partial charge in [0.2, 0.25) is 11.8 Å². The van der Waals surface area contributed by atoms with Gasteiger partial charge in [0, 0.05) is 24.7 Å². The summed E-state index contributed by atoms with van der Waals surface area (Å²) >= 11 is 0. The van der Waals surface area contributed by atoms with E-state index in [1.54, 1.807) is 11.1 Å². The van der Waals surface area contributed by atoms with Crippen LogP contribution in [0.25, 0.3) is 0 Å². The maximum Gasteiger partial charge on any atom is 0.225 e. The predicted molar refractivity (Wildman–Crippen MR) is 94.1 cm³/mol. The highest BCUT2D eigenvalue weighted by Crippen LogP contribution is 2.28. The summed E-state index contributed by atoms with van der Waals surface area (Å²) in [7, 11) is 0. The van der Waals surface area contributed by atoms with Crippen LogP contribution in [0.3, 0.4) is 0 Å². The van der Waals surface area contributed by atoms with Crippen LogP contribution < -0.4 is 5.32 Å². The summed E-state index contributed by atoms with van der Waals surface area (Å²) in [4.78, 5) is 30.8. The number of carbonyl (C=O) groups excluding carboxylic acids is 2. The van der Waals surface area contributed by atoms with Gasteiger partial charge in [-0.15, -0.1) is 0 Å². The molecule has 5 nitrogen and oxygen atoms in total. The van der Waals surface area contributed by atoms with Gasteiger partial charge in [-0.3, -0.25) is 14.6 Å². The van der Waals surface area contributed by atoms with Gasteiger partial charge in [-0.2, -0.15) is 0 Å². The minimum atomic E-state index is -0.285. The smallest absolute Gasteiger partial charge is 0.225 e. The molecule has 132 valence electrons. The zero-order valence-electron chi connectivity index (χ0n) is 15.4. The molecule has 1 N–H and O–H groups in total. The number of hydrogen-bond acceptors (Lipinski definition) is 3. The van der Waals surface area contributed by atoms with Crippen molar-refractivity contribution in [2.45, 2.75) is 59.5 Å². The first-order chi connectivity index (χ1) is 11.1. The standard InChI is InChI=1S/C19H29N3O2/c1-18(2,3)13-19(4,5)21-17(24)14-10-16(23)22(11-14)12-15-8-6-7-9-20-15/h6-9,14H,10-13H2,1-5H3,(H,21,24). The molecule has 1 aromatic rings. The van der Waals surface area contributed by atoms with Gasteiger partial charge in [0.25, 0.3) is 0 Å². The van der Waals surface area contributed by atoms with Crippen molar-refractivity contribution >= 4 is 11.8 Å². The molecule has 2 amide bonds. The first-order valence-corrected chi connectivity index (χ1v) is 8.55. The summed E-state index contributed by atoms with van der Waals surface area (Å²) in [5.41, 5.74) is 0.694. The van der Waals surface area contributed by atoms with E-state index in [1.807, 2.05) is 32.0 Å². The molecular weight excluding hydrogens is 302 g/mol. The summed E-state index contributed by atoms with van der Waals surface area (Å²) < 4.78 is 0. The van der Waals surface area contributed by atoms with E-state index in [9.17, 15) is 9.59 Å². The molecule has 0 bridgehead atoms. The monoisotopic (exact) mass is 331 g/mol. The van der Waals surface area contributed by atoms with E-state index in [1.165, 1.54) is 0 Å². The Morgan fingerprint density at radius 2 is 2.00 bits per heavy atom. The minimum absolute atomic E-state index is 0.0226. The molecule has 1 saturated heterocycles. The Hall–Kier alpha value is -1.91. The van der Waals surface area contributed by atoms with Crippen LogP contribution in [0, 0.1) is 11.3 Å². The number of nitrogens with one attached hydrogen (secondary N) is 1. The van der Waals surface area contributed by atoms with E-state index in [2.05, 4.69) is 31.1 Å². The minimum Gasteiger partial charge on any atom is -0.351 e. The topological polar surface area (TPSA) is 62.3 Å². The number of likely N-dealkylation sites (tertiary alicyclic amines) is 1. The first-order valence-electron chi connectivity index (χ1n) is 8.55. The molecule has 2 rings (SSSR count). The molecule has 0 spiro atoms. The van der Waals surface area contributed by atoms with E-state index in [-0.39, 0.29) is 35.1 Å². The van der Waals surface area contributed by atoms with E-state index < -0.39 is 0 Å². The largest absolute Gasteiger partial charge is 0.351 e. The van der Waals surface area contributed by atoms with E-state index in [0.717, 1.165) is 12.1 Å². The van der Waals surface area contributed by atoms with Crippen molar-refractivity contribution in [2.24, 2.45) is 11.3 Å². The van der Waals surface area contributed by atoms with Gasteiger partial charge in [-0.25, -0.2) is 0 Å². The Labute approximate surface area is 144 Å². The second-order valence-corrected chi connectivity index (χ2v) is 8.61. The molecule has 24 heavy (non-hydrogen) atoms. The third kappa shape index (κ3) is 5.32. The van der Waals surface area contributed by atoms with E-state index >= 15 is 0 Å². The summed E-state index contributed by atoms with van der Waals surface area (Å²) in [6, 6.07) is 5.65. The summed E-state index contributed by atoms with van der Waals surface area (Å²) in [5.74, 6) is -0.281. The van der Waals surface area contributed by atoms with Gasteiger partial charge < -0.3 is 10.2 Å². The average Bonchev–Trinajstić information content (AvgIpc) is 2.78. The van der Waals surface area contributed by atoms with Crippen molar-refractivity contribution in [1.82, 2.24) is 15.2 Å². The summed E-state index contributed by atoms with van der Waals surface area (Å²) in [5, 5.41) is 3.13. The van der Waals surface area contributed by atoms with Crippen LogP contribution in [0.4, 0.5) is 0 Å². The van der Waals surface area contributed by atoms with E-state index in [0.29, 0.717) is 13.1 Å². The fourth-order valence-corrected chi connectivity index (χ4v) is 3.59. The third-order valence-corrected chi connectivity index (χ3v) is 4.10. The number of aromatic nitrogens is 1. The summed E-state index contributed by atoms with van der Waals surface area (Å²) in [6.45, 7) is 11.5. The number of nitrogens with zero attached hydrogens (tertiary/aromatic N) is 2. The normalized spacial score (nSPS) is 18.8. The van der Waals surface area contributed by atoms with Crippen molar-refractivity contribution in [3.8, 4) is 0 Å². The van der Waals surface area contributed by atoms with Crippen molar-refractivity contribution in [3.05, 3.63) is 30.1 Å². The molecule has 0 aliphatic carbocycles. The van der Waals surface area contributed by atoms with Gasteiger partial charge in [0.05, 0.1) is 18.2 Å².